The minimum absolute atomic E-state index is 0.0317. The van der Waals surface area contributed by atoms with E-state index in [1.807, 2.05) is 18.2 Å². The number of hydrogen-bond acceptors (Lipinski definition) is 5. The summed E-state index contributed by atoms with van der Waals surface area (Å²) in [6.45, 7) is 0.604. The molecule has 2 aromatic carbocycles. The average Bonchev–Trinajstić information content (AvgIpc) is 3.27. The van der Waals surface area contributed by atoms with Crippen LogP contribution in [0.25, 0.3) is 10.2 Å². The van der Waals surface area contributed by atoms with Gasteiger partial charge in [-0.05, 0) is 43.4 Å². The van der Waals surface area contributed by atoms with E-state index in [2.05, 4.69) is 11.1 Å². The lowest BCUT2D eigenvalue weighted by Crippen LogP contribution is -2.28. The Morgan fingerprint density at radius 2 is 2.07 bits per heavy atom. The van der Waals surface area contributed by atoms with E-state index in [4.69, 9.17) is 0 Å². The number of non-ortho nitro benzene ring substituents is 1. The Balaban J connectivity index is 1.33. The zero-order valence-electron chi connectivity index (χ0n) is 14.8. The van der Waals surface area contributed by atoms with Crippen molar-refractivity contribution in [3.05, 3.63) is 63.1 Å². The average molecular weight is 381 g/mol. The van der Waals surface area contributed by atoms with E-state index in [-0.39, 0.29) is 11.6 Å². The molecule has 4 rings (SSSR count). The number of unbranched alkanes of at least 4 members (excludes halogenated alkanes) is 1. The molecule has 0 unspecified atom stereocenters. The molecule has 0 radical (unpaired) electrons. The van der Waals surface area contributed by atoms with Crippen LogP contribution in [0, 0.1) is 10.1 Å². The number of carbonyl (C=O) groups excluding carboxylic acids is 1. The second-order valence-corrected chi connectivity index (χ2v) is 7.76. The van der Waals surface area contributed by atoms with Crippen molar-refractivity contribution in [3.8, 4) is 0 Å². The number of nitro groups is 1. The van der Waals surface area contributed by atoms with E-state index in [9.17, 15) is 14.9 Å². The van der Waals surface area contributed by atoms with Gasteiger partial charge in [0.1, 0.15) is 0 Å². The predicted octanol–water partition coefficient (Wildman–Crippen LogP) is 4.51. The lowest BCUT2D eigenvalue weighted by atomic mass is 10.1. The summed E-state index contributed by atoms with van der Waals surface area (Å²) in [6.07, 6.45) is 3.77. The summed E-state index contributed by atoms with van der Waals surface area (Å²) in [7, 11) is 0. The molecule has 0 saturated heterocycles. The number of para-hydroxylation sites is 1. The van der Waals surface area contributed by atoms with Crippen LogP contribution < -0.4 is 4.90 Å². The zero-order chi connectivity index (χ0) is 18.8. The van der Waals surface area contributed by atoms with E-state index in [0.29, 0.717) is 18.7 Å². The maximum absolute atomic E-state index is 12.6. The first-order valence-electron chi connectivity index (χ1n) is 9.04. The number of fused-ring (bicyclic) bond motifs is 2. The van der Waals surface area contributed by atoms with Crippen molar-refractivity contribution in [3.63, 3.8) is 0 Å². The van der Waals surface area contributed by atoms with Crippen molar-refractivity contribution >= 4 is 38.8 Å². The van der Waals surface area contributed by atoms with Crippen molar-refractivity contribution in [2.45, 2.75) is 32.1 Å². The van der Waals surface area contributed by atoms with Gasteiger partial charge in [0.15, 0.2) is 0 Å². The summed E-state index contributed by atoms with van der Waals surface area (Å²) in [5, 5.41) is 12.1. The molecule has 1 aliphatic rings. The Hall–Kier alpha value is -2.80. The Bertz CT molecular complexity index is 982. The van der Waals surface area contributed by atoms with Crippen molar-refractivity contribution in [1.82, 2.24) is 4.98 Å². The number of amides is 1. The standard InChI is InChI=1S/C20H19N3O3S/c24-20(22-12-11-14-9-10-15(23(25)26)13-17(14)22)8-4-3-7-19-21-16-5-1-2-6-18(16)27-19/h1-2,5-6,9-10,13H,3-4,7-8,11-12H2. The molecule has 138 valence electrons. The first kappa shape index (κ1) is 17.6. The summed E-state index contributed by atoms with van der Waals surface area (Å²) < 4.78 is 1.19. The number of aryl methyl sites for hydroxylation is 1. The van der Waals surface area contributed by atoms with Crippen molar-refractivity contribution in [1.29, 1.82) is 0 Å². The highest BCUT2D eigenvalue weighted by atomic mass is 32.1. The predicted molar refractivity (Wildman–Crippen MR) is 106 cm³/mol. The summed E-state index contributed by atoms with van der Waals surface area (Å²) in [5.41, 5.74) is 2.76. The molecule has 27 heavy (non-hydrogen) atoms. The molecule has 1 amide bonds. The highest BCUT2D eigenvalue weighted by Gasteiger charge is 2.26. The number of aromatic nitrogens is 1. The second kappa shape index (κ2) is 7.44. The molecule has 0 N–H and O–H groups in total. The molecule has 1 aliphatic heterocycles. The number of anilines is 1. The molecule has 3 aromatic rings. The van der Waals surface area contributed by atoms with Gasteiger partial charge < -0.3 is 4.90 Å². The number of benzene rings is 2. The first-order chi connectivity index (χ1) is 13.1. The summed E-state index contributed by atoms with van der Waals surface area (Å²) >= 11 is 1.71. The van der Waals surface area contributed by atoms with E-state index in [1.165, 1.54) is 16.8 Å². The highest BCUT2D eigenvalue weighted by molar-refractivity contribution is 7.18. The van der Waals surface area contributed by atoms with Crippen LogP contribution in [0.4, 0.5) is 11.4 Å². The lowest BCUT2D eigenvalue weighted by molar-refractivity contribution is -0.384. The highest BCUT2D eigenvalue weighted by Crippen LogP contribution is 2.32. The van der Waals surface area contributed by atoms with Gasteiger partial charge in [-0.25, -0.2) is 4.98 Å². The van der Waals surface area contributed by atoms with Crippen LogP contribution in [0.15, 0.2) is 42.5 Å². The minimum atomic E-state index is -0.417. The van der Waals surface area contributed by atoms with Crippen molar-refractivity contribution in [2.75, 3.05) is 11.4 Å². The molecule has 0 bridgehead atoms. The van der Waals surface area contributed by atoms with Gasteiger partial charge in [0.2, 0.25) is 5.91 Å². The molecule has 0 aliphatic carbocycles. The van der Waals surface area contributed by atoms with Gasteiger partial charge in [0, 0.05) is 25.1 Å². The number of rotatable bonds is 6. The van der Waals surface area contributed by atoms with Gasteiger partial charge in [-0.3, -0.25) is 14.9 Å². The molecule has 1 aromatic heterocycles. The third-order valence-corrected chi connectivity index (χ3v) is 5.94. The first-order valence-corrected chi connectivity index (χ1v) is 9.85. The van der Waals surface area contributed by atoms with Crippen LogP contribution in [-0.2, 0) is 17.6 Å². The van der Waals surface area contributed by atoms with Gasteiger partial charge in [-0.2, -0.15) is 0 Å². The summed E-state index contributed by atoms with van der Waals surface area (Å²) in [5.74, 6) is 0.0403. The van der Waals surface area contributed by atoms with Gasteiger partial charge in [-0.1, -0.05) is 18.2 Å². The van der Waals surface area contributed by atoms with Crippen LogP contribution in [0.3, 0.4) is 0 Å². The largest absolute Gasteiger partial charge is 0.312 e. The van der Waals surface area contributed by atoms with Crippen molar-refractivity contribution < 1.29 is 9.72 Å². The molecule has 0 spiro atoms. The molecule has 2 heterocycles. The second-order valence-electron chi connectivity index (χ2n) is 6.65. The molecule has 0 fully saturated rings. The smallest absolute Gasteiger partial charge is 0.271 e. The zero-order valence-corrected chi connectivity index (χ0v) is 15.6. The topological polar surface area (TPSA) is 76.3 Å². The Morgan fingerprint density at radius 1 is 1.22 bits per heavy atom. The maximum atomic E-state index is 12.6. The number of hydrogen-bond donors (Lipinski definition) is 0. The van der Waals surface area contributed by atoms with E-state index in [0.717, 1.165) is 41.8 Å². The third kappa shape index (κ3) is 3.68. The molecule has 0 atom stereocenters. The van der Waals surface area contributed by atoms with Crippen molar-refractivity contribution in [2.24, 2.45) is 0 Å². The molecule has 6 nitrogen and oxygen atoms in total. The SMILES string of the molecule is O=C(CCCCc1nc2ccccc2s1)N1CCc2ccc([N+](=O)[O-])cc21. The molecular formula is C20H19N3O3S. The number of carbonyl (C=O) groups is 1. The minimum Gasteiger partial charge on any atom is -0.312 e. The van der Waals surface area contributed by atoms with Crippen LogP contribution in [0.1, 0.15) is 29.8 Å². The maximum Gasteiger partial charge on any atom is 0.271 e. The van der Waals surface area contributed by atoms with Crippen LogP contribution in [0.2, 0.25) is 0 Å². The molecular weight excluding hydrogens is 362 g/mol. The molecule has 7 heteroatoms. The van der Waals surface area contributed by atoms with Crippen LogP contribution in [0.5, 0.6) is 0 Å². The third-order valence-electron chi connectivity index (χ3n) is 4.85. The Morgan fingerprint density at radius 3 is 2.89 bits per heavy atom. The van der Waals surface area contributed by atoms with E-state index < -0.39 is 4.92 Å². The normalized spacial score (nSPS) is 13.1. The fourth-order valence-corrected chi connectivity index (χ4v) is 4.46. The van der Waals surface area contributed by atoms with Crippen LogP contribution >= 0.6 is 11.3 Å². The monoisotopic (exact) mass is 381 g/mol. The van der Waals surface area contributed by atoms with Gasteiger partial charge >= 0.3 is 0 Å². The number of nitrogens with zero attached hydrogens (tertiary/aromatic N) is 3. The summed E-state index contributed by atoms with van der Waals surface area (Å²) in [6, 6.07) is 12.9. The fraction of sp³-hybridized carbons (Fsp3) is 0.300. The van der Waals surface area contributed by atoms with Gasteiger partial charge in [0.25, 0.3) is 5.69 Å². The summed E-state index contributed by atoms with van der Waals surface area (Å²) in [4.78, 5) is 29.5. The Labute approximate surface area is 160 Å². The number of nitro benzene ring substituents is 1. The quantitative estimate of drug-likeness (QED) is 0.358. The van der Waals surface area contributed by atoms with Gasteiger partial charge in [-0.15, -0.1) is 11.3 Å². The van der Waals surface area contributed by atoms with E-state index >= 15 is 0 Å². The molecule has 0 saturated carbocycles. The Kier molecular flexibility index (Phi) is 4.85. The van der Waals surface area contributed by atoms with Crippen LogP contribution in [-0.4, -0.2) is 22.4 Å². The fourth-order valence-electron chi connectivity index (χ4n) is 3.45. The lowest BCUT2D eigenvalue weighted by Gasteiger charge is -2.17. The van der Waals surface area contributed by atoms with E-state index in [1.54, 1.807) is 22.3 Å². The van der Waals surface area contributed by atoms with Gasteiger partial charge in [0.05, 0.1) is 25.8 Å². The number of thiazole rings is 1.